The Bertz CT molecular complexity index is 469. The summed E-state index contributed by atoms with van der Waals surface area (Å²) in [5.74, 6) is 0.787. The van der Waals surface area contributed by atoms with Gasteiger partial charge in [-0.05, 0) is 31.0 Å². The third-order valence-corrected chi connectivity index (χ3v) is 3.47. The Morgan fingerprint density at radius 1 is 1.44 bits per heavy atom. The van der Waals surface area contributed by atoms with Crippen LogP contribution in [0.25, 0.3) is 0 Å². The van der Waals surface area contributed by atoms with Gasteiger partial charge in [-0.15, -0.1) is 0 Å². The van der Waals surface area contributed by atoms with E-state index >= 15 is 0 Å². The highest BCUT2D eigenvalue weighted by molar-refractivity contribution is 5.93. The molecule has 96 valence electrons. The molecule has 5 nitrogen and oxygen atoms in total. The van der Waals surface area contributed by atoms with Crippen molar-refractivity contribution in [2.24, 2.45) is 0 Å². The SMILES string of the molecule is COc1ccc2c(c1)C(C1CCCO1)NC(=O)N2. The molecule has 2 atom stereocenters. The fraction of sp³-hybridized carbons (Fsp3) is 0.462. The largest absolute Gasteiger partial charge is 0.497 e. The van der Waals surface area contributed by atoms with Crippen LogP contribution in [0.4, 0.5) is 10.5 Å². The summed E-state index contributed by atoms with van der Waals surface area (Å²) in [7, 11) is 1.64. The molecule has 2 heterocycles. The molecule has 2 amide bonds. The summed E-state index contributed by atoms with van der Waals surface area (Å²) in [6.07, 6.45) is 2.08. The summed E-state index contributed by atoms with van der Waals surface area (Å²) < 4.78 is 10.9. The number of carbonyl (C=O) groups is 1. The Balaban J connectivity index is 1.98. The zero-order valence-electron chi connectivity index (χ0n) is 10.2. The fourth-order valence-electron chi connectivity index (χ4n) is 2.57. The monoisotopic (exact) mass is 248 g/mol. The van der Waals surface area contributed by atoms with Crippen LogP contribution in [0, 0.1) is 0 Å². The summed E-state index contributed by atoms with van der Waals surface area (Å²) in [5, 5.41) is 5.74. The number of amides is 2. The second-order valence-corrected chi connectivity index (χ2v) is 4.58. The molecule has 0 radical (unpaired) electrons. The van der Waals surface area contributed by atoms with Gasteiger partial charge in [-0.25, -0.2) is 4.79 Å². The average Bonchev–Trinajstić information content (AvgIpc) is 2.91. The van der Waals surface area contributed by atoms with E-state index in [4.69, 9.17) is 9.47 Å². The molecule has 0 aromatic heterocycles. The standard InChI is InChI=1S/C13H16N2O3/c1-17-8-4-5-10-9(7-8)12(15-13(16)14-10)11-3-2-6-18-11/h4-5,7,11-12H,2-3,6H2,1H3,(H2,14,15,16). The van der Waals surface area contributed by atoms with Gasteiger partial charge < -0.3 is 20.1 Å². The Kier molecular flexibility index (Phi) is 2.83. The number of fused-ring (bicyclic) bond motifs is 1. The first-order chi connectivity index (χ1) is 8.78. The van der Waals surface area contributed by atoms with Crippen LogP contribution in [0.15, 0.2) is 18.2 Å². The van der Waals surface area contributed by atoms with Crippen LogP contribution in [0.1, 0.15) is 24.4 Å². The normalized spacial score (nSPS) is 26.2. The van der Waals surface area contributed by atoms with Gasteiger partial charge in [-0.3, -0.25) is 0 Å². The molecule has 0 spiro atoms. The van der Waals surface area contributed by atoms with Crippen molar-refractivity contribution >= 4 is 11.7 Å². The maximum Gasteiger partial charge on any atom is 0.319 e. The van der Waals surface area contributed by atoms with Crippen molar-refractivity contribution in [3.8, 4) is 5.75 Å². The Hall–Kier alpha value is -1.75. The minimum Gasteiger partial charge on any atom is -0.497 e. The summed E-state index contributed by atoms with van der Waals surface area (Å²) >= 11 is 0. The first-order valence-corrected chi connectivity index (χ1v) is 6.15. The van der Waals surface area contributed by atoms with Gasteiger partial charge in [0.05, 0.1) is 19.3 Å². The van der Waals surface area contributed by atoms with E-state index in [-0.39, 0.29) is 18.2 Å². The molecule has 18 heavy (non-hydrogen) atoms. The fourth-order valence-corrected chi connectivity index (χ4v) is 2.57. The molecular formula is C13H16N2O3. The van der Waals surface area contributed by atoms with E-state index in [2.05, 4.69) is 10.6 Å². The molecule has 1 saturated heterocycles. The van der Waals surface area contributed by atoms with Crippen molar-refractivity contribution in [2.45, 2.75) is 25.0 Å². The average molecular weight is 248 g/mol. The number of rotatable bonds is 2. The van der Waals surface area contributed by atoms with E-state index in [0.29, 0.717) is 0 Å². The van der Waals surface area contributed by atoms with Crippen molar-refractivity contribution in [3.63, 3.8) is 0 Å². The second-order valence-electron chi connectivity index (χ2n) is 4.58. The van der Waals surface area contributed by atoms with Gasteiger partial charge in [0, 0.05) is 17.9 Å². The molecule has 3 rings (SSSR count). The maximum atomic E-state index is 11.6. The lowest BCUT2D eigenvalue weighted by atomic mass is 9.96. The Morgan fingerprint density at radius 3 is 3.06 bits per heavy atom. The minimum atomic E-state index is -0.173. The maximum absolute atomic E-state index is 11.6. The molecule has 2 N–H and O–H groups in total. The summed E-state index contributed by atoms with van der Waals surface area (Å²) in [6.45, 7) is 0.768. The molecule has 0 saturated carbocycles. The third-order valence-electron chi connectivity index (χ3n) is 3.47. The number of urea groups is 1. The van der Waals surface area contributed by atoms with E-state index in [9.17, 15) is 4.79 Å². The predicted octanol–water partition coefficient (Wildman–Crippen LogP) is 2.05. The van der Waals surface area contributed by atoms with Crippen LogP contribution in [0.2, 0.25) is 0 Å². The molecule has 1 fully saturated rings. The molecular weight excluding hydrogens is 232 g/mol. The van der Waals surface area contributed by atoms with Crippen molar-refractivity contribution in [1.82, 2.24) is 5.32 Å². The van der Waals surface area contributed by atoms with Crippen molar-refractivity contribution < 1.29 is 14.3 Å². The summed E-state index contributed by atoms with van der Waals surface area (Å²) in [5.41, 5.74) is 1.86. The predicted molar refractivity (Wildman–Crippen MR) is 66.9 cm³/mol. The second kappa shape index (κ2) is 4.49. The van der Waals surface area contributed by atoms with Gasteiger partial charge >= 0.3 is 6.03 Å². The number of anilines is 1. The van der Waals surface area contributed by atoms with Gasteiger partial charge in [0.25, 0.3) is 0 Å². The van der Waals surface area contributed by atoms with Crippen molar-refractivity contribution in [2.75, 3.05) is 19.0 Å². The molecule has 0 aliphatic carbocycles. The van der Waals surface area contributed by atoms with Crippen LogP contribution < -0.4 is 15.4 Å². The van der Waals surface area contributed by atoms with Gasteiger partial charge in [0.1, 0.15) is 5.75 Å². The molecule has 1 aromatic carbocycles. The zero-order valence-corrected chi connectivity index (χ0v) is 10.2. The van der Waals surface area contributed by atoms with E-state index < -0.39 is 0 Å². The van der Waals surface area contributed by atoms with E-state index in [1.807, 2.05) is 18.2 Å². The number of benzene rings is 1. The number of hydrogen-bond acceptors (Lipinski definition) is 3. The lowest BCUT2D eigenvalue weighted by Gasteiger charge is -2.31. The Labute approximate surface area is 105 Å². The molecule has 2 aliphatic rings. The zero-order chi connectivity index (χ0) is 12.5. The lowest BCUT2D eigenvalue weighted by molar-refractivity contribution is 0.0808. The molecule has 0 bridgehead atoms. The highest BCUT2D eigenvalue weighted by Gasteiger charge is 2.33. The minimum absolute atomic E-state index is 0.0573. The number of nitrogens with one attached hydrogen (secondary N) is 2. The number of carbonyl (C=O) groups excluding carboxylic acids is 1. The lowest BCUT2D eigenvalue weighted by Crippen LogP contribution is -2.42. The molecule has 2 aliphatic heterocycles. The topological polar surface area (TPSA) is 59.6 Å². The van der Waals surface area contributed by atoms with Gasteiger partial charge in [-0.2, -0.15) is 0 Å². The van der Waals surface area contributed by atoms with E-state index in [1.165, 1.54) is 0 Å². The summed E-state index contributed by atoms with van der Waals surface area (Å²) in [4.78, 5) is 11.6. The van der Waals surface area contributed by atoms with Crippen LogP contribution >= 0.6 is 0 Å². The quantitative estimate of drug-likeness (QED) is 0.842. The summed E-state index contributed by atoms with van der Waals surface area (Å²) in [6, 6.07) is 5.40. The van der Waals surface area contributed by atoms with Gasteiger partial charge in [0.2, 0.25) is 0 Å². The number of hydrogen-bond donors (Lipinski definition) is 2. The van der Waals surface area contributed by atoms with E-state index in [1.54, 1.807) is 7.11 Å². The van der Waals surface area contributed by atoms with Crippen molar-refractivity contribution in [3.05, 3.63) is 23.8 Å². The highest BCUT2D eigenvalue weighted by Crippen LogP contribution is 2.36. The molecule has 5 heteroatoms. The first kappa shape index (κ1) is 11.3. The number of methoxy groups -OCH3 is 1. The van der Waals surface area contributed by atoms with Crippen LogP contribution in [-0.4, -0.2) is 25.9 Å². The van der Waals surface area contributed by atoms with Crippen LogP contribution in [-0.2, 0) is 4.74 Å². The Morgan fingerprint density at radius 2 is 2.33 bits per heavy atom. The van der Waals surface area contributed by atoms with Crippen molar-refractivity contribution in [1.29, 1.82) is 0 Å². The molecule has 2 unspecified atom stereocenters. The molecule has 1 aromatic rings. The van der Waals surface area contributed by atoms with Gasteiger partial charge in [-0.1, -0.05) is 0 Å². The van der Waals surface area contributed by atoms with E-state index in [0.717, 1.165) is 36.4 Å². The smallest absolute Gasteiger partial charge is 0.319 e. The van der Waals surface area contributed by atoms with Crippen LogP contribution in [0.3, 0.4) is 0 Å². The van der Waals surface area contributed by atoms with Gasteiger partial charge in [0.15, 0.2) is 0 Å². The third kappa shape index (κ3) is 1.90. The first-order valence-electron chi connectivity index (χ1n) is 6.15. The van der Waals surface area contributed by atoms with Crippen LogP contribution in [0.5, 0.6) is 5.75 Å². The number of ether oxygens (including phenoxy) is 2. The highest BCUT2D eigenvalue weighted by atomic mass is 16.5.